The van der Waals surface area contributed by atoms with Crippen molar-refractivity contribution in [1.82, 2.24) is 15.3 Å². The van der Waals surface area contributed by atoms with Gasteiger partial charge in [0.2, 0.25) is 5.95 Å². The SMILES string of the molecule is CCOC(=O)c1cnc(N2CCc3cc(C(=O)NCc4ccc(S(=O)(=O)CC)cc4)ccc3[C@H]2C(C)C)nc1C(F)(F)F. The van der Waals surface area contributed by atoms with Gasteiger partial charge in [-0.25, -0.2) is 23.2 Å². The minimum atomic E-state index is -4.89. The minimum absolute atomic E-state index is 0.000219. The van der Waals surface area contributed by atoms with Gasteiger partial charge in [-0.3, -0.25) is 4.79 Å². The third kappa shape index (κ3) is 6.98. The molecule has 0 fully saturated rings. The van der Waals surface area contributed by atoms with Gasteiger partial charge in [-0.1, -0.05) is 39.0 Å². The molecule has 1 atom stereocenters. The Balaban J connectivity index is 1.55. The van der Waals surface area contributed by atoms with Crippen LogP contribution in [-0.2, 0) is 33.7 Å². The molecule has 0 saturated heterocycles. The summed E-state index contributed by atoms with van der Waals surface area (Å²) in [5, 5.41) is 2.84. The summed E-state index contributed by atoms with van der Waals surface area (Å²) in [6.07, 6.45) is -3.60. The molecule has 1 aliphatic rings. The van der Waals surface area contributed by atoms with E-state index in [0.717, 1.165) is 22.9 Å². The van der Waals surface area contributed by atoms with Gasteiger partial charge >= 0.3 is 12.1 Å². The van der Waals surface area contributed by atoms with E-state index in [1.165, 1.54) is 19.1 Å². The third-order valence-electron chi connectivity index (χ3n) is 7.23. The molecular formula is C30H33F3N4O5S. The molecule has 230 valence electrons. The van der Waals surface area contributed by atoms with Crippen LogP contribution >= 0.6 is 0 Å². The summed E-state index contributed by atoms with van der Waals surface area (Å²) in [5.74, 6) is -1.66. The number of sulfone groups is 1. The number of carbonyl (C=O) groups is 2. The van der Waals surface area contributed by atoms with Gasteiger partial charge in [-0.15, -0.1) is 0 Å². The first-order chi connectivity index (χ1) is 20.3. The van der Waals surface area contributed by atoms with E-state index in [1.54, 1.807) is 42.2 Å². The van der Waals surface area contributed by atoms with Crippen molar-refractivity contribution in [2.45, 2.75) is 57.8 Å². The van der Waals surface area contributed by atoms with Crippen LogP contribution in [0.5, 0.6) is 0 Å². The number of anilines is 1. The van der Waals surface area contributed by atoms with Crippen LogP contribution in [0.25, 0.3) is 0 Å². The van der Waals surface area contributed by atoms with Gasteiger partial charge in [0.1, 0.15) is 5.56 Å². The van der Waals surface area contributed by atoms with Crippen LogP contribution in [0.2, 0.25) is 0 Å². The number of fused-ring (bicyclic) bond motifs is 1. The number of aromatic nitrogens is 2. The number of ether oxygens (including phenoxy) is 1. The maximum absolute atomic E-state index is 13.9. The van der Waals surface area contributed by atoms with Gasteiger partial charge in [0.15, 0.2) is 15.5 Å². The first-order valence-electron chi connectivity index (χ1n) is 13.9. The summed E-state index contributed by atoms with van der Waals surface area (Å²) >= 11 is 0. The molecular weight excluding hydrogens is 585 g/mol. The second-order valence-electron chi connectivity index (χ2n) is 10.4. The van der Waals surface area contributed by atoms with Crippen LogP contribution in [0.1, 0.15) is 76.8 Å². The largest absolute Gasteiger partial charge is 0.462 e. The maximum atomic E-state index is 13.9. The van der Waals surface area contributed by atoms with Crippen LogP contribution in [0.3, 0.4) is 0 Å². The summed E-state index contributed by atoms with van der Waals surface area (Å²) in [4.78, 5) is 34.9. The zero-order valence-electron chi connectivity index (χ0n) is 24.2. The Morgan fingerprint density at radius 3 is 2.42 bits per heavy atom. The predicted octanol–water partition coefficient (Wildman–Crippen LogP) is 5.16. The number of hydrogen-bond donors (Lipinski definition) is 1. The Labute approximate surface area is 248 Å². The molecule has 1 amide bonds. The molecule has 13 heteroatoms. The van der Waals surface area contributed by atoms with Crippen LogP contribution in [0.4, 0.5) is 19.1 Å². The number of alkyl halides is 3. The lowest BCUT2D eigenvalue weighted by atomic mass is 9.85. The minimum Gasteiger partial charge on any atom is -0.462 e. The molecule has 1 N–H and O–H groups in total. The lowest BCUT2D eigenvalue weighted by Gasteiger charge is -2.40. The number of hydrogen-bond acceptors (Lipinski definition) is 8. The van der Waals surface area contributed by atoms with E-state index in [1.807, 2.05) is 13.8 Å². The predicted molar refractivity (Wildman–Crippen MR) is 153 cm³/mol. The number of nitrogens with zero attached hydrogens (tertiary/aromatic N) is 3. The zero-order chi connectivity index (χ0) is 31.5. The van der Waals surface area contributed by atoms with Gasteiger partial charge in [0.05, 0.1) is 23.3 Å². The molecule has 1 aliphatic heterocycles. The Kier molecular flexibility index (Phi) is 9.43. The fraction of sp³-hybridized carbons (Fsp3) is 0.400. The lowest BCUT2D eigenvalue weighted by Crippen LogP contribution is -2.40. The molecule has 0 spiro atoms. The fourth-order valence-electron chi connectivity index (χ4n) is 5.09. The molecule has 0 unspecified atom stereocenters. The molecule has 0 radical (unpaired) electrons. The fourth-order valence-corrected chi connectivity index (χ4v) is 5.98. The van der Waals surface area contributed by atoms with Gasteiger partial charge in [0.25, 0.3) is 5.91 Å². The van der Waals surface area contributed by atoms with Crippen LogP contribution in [0.15, 0.2) is 53.6 Å². The molecule has 9 nitrogen and oxygen atoms in total. The van der Waals surface area contributed by atoms with Crippen molar-refractivity contribution in [3.63, 3.8) is 0 Å². The van der Waals surface area contributed by atoms with Gasteiger partial charge in [-0.05, 0) is 60.2 Å². The van der Waals surface area contributed by atoms with Crippen molar-refractivity contribution in [3.8, 4) is 0 Å². The summed E-state index contributed by atoms with van der Waals surface area (Å²) in [5.41, 5.74) is 0.804. The van der Waals surface area contributed by atoms with E-state index >= 15 is 0 Å². The summed E-state index contributed by atoms with van der Waals surface area (Å²) in [6.45, 7) is 7.34. The Morgan fingerprint density at radius 2 is 1.81 bits per heavy atom. The number of benzene rings is 2. The molecule has 4 rings (SSSR count). The van der Waals surface area contributed by atoms with Crippen molar-refractivity contribution < 1.29 is 35.9 Å². The number of amides is 1. The average Bonchev–Trinajstić information content (AvgIpc) is 2.98. The van der Waals surface area contributed by atoms with Gasteiger partial charge in [0, 0.05) is 24.8 Å². The molecule has 2 heterocycles. The highest BCUT2D eigenvalue weighted by Gasteiger charge is 2.40. The number of halogens is 3. The van der Waals surface area contributed by atoms with Gasteiger partial charge in [-0.2, -0.15) is 13.2 Å². The average molecular weight is 619 g/mol. The first-order valence-corrected chi connectivity index (χ1v) is 15.5. The Morgan fingerprint density at radius 1 is 1.12 bits per heavy atom. The molecule has 2 aromatic carbocycles. The molecule has 43 heavy (non-hydrogen) atoms. The standard InChI is InChI=1S/C30H33F3N4O5S/c1-5-42-28(39)24-17-35-29(36-26(24)30(31,32)33)37-14-13-20-15-21(9-12-23(20)25(37)18(3)4)27(38)34-16-19-7-10-22(11-8-19)43(40,41)6-2/h7-12,15,17-18,25H,5-6,13-14,16H2,1-4H3,(H,34,38)/t25-/m1/s1. The lowest BCUT2D eigenvalue weighted by molar-refractivity contribution is -0.141. The highest BCUT2D eigenvalue weighted by atomic mass is 32.2. The number of esters is 1. The summed E-state index contributed by atoms with van der Waals surface area (Å²) < 4.78 is 70.5. The van der Waals surface area contributed by atoms with Crippen molar-refractivity contribution in [3.05, 3.63) is 82.2 Å². The van der Waals surface area contributed by atoms with E-state index in [4.69, 9.17) is 4.74 Å². The van der Waals surface area contributed by atoms with Crippen molar-refractivity contribution in [1.29, 1.82) is 0 Å². The van der Waals surface area contributed by atoms with Crippen molar-refractivity contribution in [2.24, 2.45) is 5.92 Å². The monoisotopic (exact) mass is 618 g/mol. The summed E-state index contributed by atoms with van der Waals surface area (Å²) in [6, 6.07) is 11.2. The quantitative estimate of drug-likeness (QED) is 0.327. The molecule has 0 aliphatic carbocycles. The molecule has 0 bridgehead atoms. The first kappa shape index (κ1) is 31.9. The van der Waals surface area contributed by atoms with Gasteiger partial charge < -0.3 is 15.0 Å². The van der Waals surface area contributed by atoms with E-state index in [-0.39, 0.29) is 47.6 Å². The van der Waals surface area contributed by atoms with Crippen molar-refractivity contribution >= 4 is 27.7 Å². The second-order valence-corrected chi connectivity index (χ2v) is 12.7. The van der Waals surface area contributed by atoms with Crippen molar-refractivity contribution in [2.75, 3.05) is 23.8 Å². The van der Waals surface area contributed by atoms with Crippen LogP contribution < -0.4 is 10.2 Å². The second kappa shape index (κ2) is 12.7. The van der Waals surface area contributed by atoms with E-state index in [2.05, 4.69) is 15.3 Å². The van der Waals surface area contributed by atoms with E-state index in [9.17, 15) is 31.2 Å². The van der Waals surface area contributed by atoms with E-state index < -0.39 is 33.2 Å². The topological polar surface area (TPSA) is 119 Å². The number of nitrogens with one attached hydrogen (secondary N) is 1. The Hall–Kier alpha value is -4.00. The van der Waals surface area contributed by atoms with Crippen LogP contribution in [-0.4, -0.2) is 49.2 Å². The molecule has 0 saturated carbocycles. The van der Waals surface area contributed by atoms with Crippen LogP contribution in [0, 0.1) is 5.92 Å². The molecule has 3 aromatic rings. The highest BCUT2D eigenvalue weighted by Crippen LogP contribution is 2.39. The third-order valence-corrected chi connectivity index (χ3v) is 8.98. The number of carbonyl (C=O) groups excluding carboxylic acids is 2. The molecule has 1 aromatic heterocycles. The number of rotatable bonds is 9. The van der Waals surface area contributed by atoms with E-state index in [0.29, 0.717) is 18.5 Å². The highest BCUT2D eigenvalue weighted by molar-refractivity contribution is 7.91. The Bertz CT molecular complexity index is 1610. The maximum Gasteiger partial charge on any atom is 0.434 e. The zero-order valence-corrected chi connectivity index (χ0v) is 25.1. The smallest absolute Gasteiger partial charge is 0.434 e. The normalized spacial score (nSPS) is 15.3. The summed E-state index contributed by atoms with van der Waals surface area (Å²) in [7, 11) is -3.31.